The van der Waals surface area contributed by atoms with Crippen molar-refractivity contribution in [1.82, 2.24) is 4.90 Å². The first kappa shape index (κ1) is 21.3. The van der Waals surface area contributed by atoms with Crippen LogP contribution in [-0.4, -0.2) is 48.9 Å². The van der Waals surface area contributed by atoms with Crippen molar-refractivity contribution in [2.45, 2.75) is 32.7 Å². The zero-order valence-electron chi connectivity index (χ0n) is 17.8. The number of halogens is 1. The van der Waals surface area contributed by atoms with Crippen LogP contribution in [0.4, 0.5) is 10.1 Å². The van der Waals surface area contributed by atoms with Gasteiger partial charge in [0, 0.05) is 17.2 Å². The van der Waals surface area contributed by atoms with Gasteiger partial charge in [0.15, 0.2) is 17.3 Å². The van der Waals surface area contributed by atoms with Crippen LogP contribution < -0.4 is 14.8 Å². The fraction of sp³-hybridized carbons (Fsp3) is 0.417. The Morgan fingerprint density at radius 3 is 2.52 bits per heavy atom. The fourth-order valence-corrected chi connectivity index (χ4v) is 4.11. The summed E-state index contributed by atoms with van der Waals surface area (Å²) in [5, 5.41) is 2.82. The summed E-state index contributed by atoms with van der Waals surface area (Å²) in [7, 11) is 0. The molecule has 164 valence electrons. The molecule has 31 heavy (non-hydrogen) atoms. The van der Waals surface area contributed by atoms with Gasteiger partial charge in [-0.3, -0.25) is 14.5 Å². The average Bonchev–Trinajstić information content (AvgIpc) is 2.80. The maximum Gasteiger partial charge on any atom is 0.241 e. The van der Waals surface area contributed by atoms with Gasteiger partial charge in [0.05, 0.1) is 6.04 Å². The highest BCUT2D eigenvalue weighted by atomic mass is 19.1. The summed E-state index contributed by atoms with van der Waals surface area (Å²) in [5.41, 5.74) is 1.93. The van der Waals surface area contributed by atoms with Crippen LogP contribution in [0.25, 0.3) is 0 Å². The number of Topliss-reactive ketones (excluding diaryl/α,β-unsaturated/α-hetero) is 1. The van der Waals surface area contributed by atoms with Crippen molar-refractivity contribution in [2.75, 3.05) is 31.6 Å². The van der Waals surface area contributed by atoms with E-state index in [0.717, 1.165) is 5.56 Å². The Kier molecular flexibility index (Phi) is 6.23. The van der Waals surface area contributed by atoms with Gasteiger partial charge in [0.1, 0.15) is 19.0 Å². The number of ether oxygens (including phenoxy) is 2. The third-order valence-electron chi connectivity index (χ3n) is 6.11. The number of hydrogen-bond donors (Lipinski definition) is 1. The van der Waals surface area contributed by atoms with E-state index in [2.05, 4.69) is 10.2 Å². The summed E-state index contributed by atoms with van der Waals surface area (Å²) in [6, 6.07) is 9.33. The van der Waals surface area contributed by atoms with Gasteiger partial charge in [0.2, 0.25) is 5.91 Å². The summed E-state index contributed by atoms with van der Waals surface area (Å²) >= 11 is 0. The lowest BCUT2D eigenvalue weighted by molar-refractivity contribution is -0.121. The van der Waals surface area contributed by atoms with Crippen LogP contribution in [0.1, 0.15) is 35.7 Å². The highest BCUT2D eigenvalue weighted by molar-refractivity contribution is 5.98. The Morgan fingerprint density at radius 2 is 1.77 bits per heavy atom. The molecule has 1 amide bonds. The maximum atomic E-state index is 13.5. The number of anilines is 1. The summed E-state index contributed by atoms with van der Waals surface area (Å²) in [5.74, 6) is 0.749. The molecule has 0 radical (unpaired) electrons. The minimum atomic E-state index is -0.382. The second kappa shape index (κ2) is 9.06. The Bertz CT molecular complexity index is 986. The van der Waals surface area contributed by atoms with Crippen molar-refractivity contribution in [1.29, 1.82) is 0 Å². The molecule has 1 N–H and O–H groups in total. The van der Waals surface area contributed by atoms with Gasteiger partial charge >= 0.3 is 0 Å². The number of benzene rings is 2. The largest absolute Gasteiger partial charge is 0.486 e. The van der Waals surface area contributed by atoms with Gasteiger partial charge in [0.25, 0.3) is 0 Å². The van der Waals surface area contributed by atoms with E-state index >= 15 is 0 Å². The second-order valence-electron chi connectivity index (χ2n) is 8.16. The summed E-state index contributed by atoms with van der Waals surface area (Å²) < 4.78 is 24.6. The van der Waals surface area contributed by atoms with E-state index < -0.39 is 0 Å². The molecule has 2 aromatic carbocycles. The third kappa shape index (κ3) is 4.71. The van der Waals surface area contributed by atoms with Crippen LogP contribution in [0.2, 0.25) is 0 Å². The zero-order valence-corrected chi connectivity index (χ0v) is 17.8. The van der Waals surface area contributed by atoms with Gasteiger partial charge in [-0.05, 0) is 75.7 Å². The van der Waals surface area contributed by atoms with Crippen LogP contribution >= 0.6 is 0 Å². The first-order chi connectivity index (χ1) is 14.9. The van der Waals surface area contributed by atoms with E-state index in [-0.39, 0.29) is 29.5 Å². The summed E-state index contributed by atoms with van der Waals surface area (Å²) in [4.78, 5) is 27.7. The molecule has 6 nitrogen and oxygen atoms in total. The smallest absolute Gasteiger partial charge is 0.241 e. The van der Waals surface area contributed by atoms with E-state index in [1.165, 1.54) is 12.1 Å². The summed E-state index contributed by atoms with van der Waals surface area (Å²) in [6.45, 7) is 5.97. The number of aryl methyl sites for hydroxylation is 1. The second-order valence-corrected chi connectivity index (χ2v) is 8.16. The topological polar surface area (TPSA) is 67.9 Å². The Morgan fingerprint density at radius 1 is 1.06 bits per heavy atom. The number of amides is 1. The van der Waals surface area contributed by atoms with Crippen molar-refractivity contribution >= 4 is 17.4 Å². The van der Waals surface area contributed by atoms with Crippen LogP contribution in [-0.2, 0) is 4.79 Å². The van der Waals surface area contributed by atoms with Crippen molar-refractivity contribution < 1.29 is 23.5 Å². The number of hydrogen-bond acceptors (Lipinski definition) is 5. The third-order valence-corrected chi connectivity index (χ3v) is 6.11. The van der Waals surface area contributed by atoms with Crippen molar-refractivity contribution in [3.8, 4) is 11.5 Å². The molecule has 2 aliphatic heterocycles. The molecule has 2 aromatic rings. The number of rotatable bonds is 5. The molecule has 2 aliphatic rings. The van der Waals surface area contributed by atoms with Gasteiger partial charge in [-0.25, -0.2) is 4.39 Å². The van der Waals surface area contributed by atoms with Gasteiger partial charge in [-0.2, -0.15) is 0 Å². The van der Waals surface area contributed by atoms with Gasteiger partial charge in [-0.1, -0.05) is 6.07 Å². The lowest BCUT2D eigenvalue weighted by atomic mass is 9.88. The normalized spacial score (nSPS) is 17.8. The van der Waals surface area contributed by atoms with Crippen LogP contribution in [0.3, 0.4) is 0 Å². The molecule has 4 rings (SSSR count). The molecule has 1 fully saturated rings. The van der Waals surface area contributed by atoms with E-state index in [0.29, 0.717) is 61.9 Å². The molecule has 0 saturated carbocycles. The maximum absolute atomic E-state index is 13.5. The first-order valence-corrected chi connectivity index (χ1v) is 10.7. The number of nitrogens with one attached hydrogen (secondary N) is 1. The number of fused-ring (bicyclic) bond motifs is 1. The fourth-order valence-electron chi connectivity index (χ4n) is 4.11. The zero-order chi connectivity index (χ0) is 22.0. The minimum Gasteiger partial charge on any atom is -0.486 e. The van der Waals surface area contributed by atoms with E-state index in [1.807, 2.05) is 13.8 Å². The van der Waals surface area contributed by atoms with Crippen LogP contribution in [0.5, 0.6) is 11.5 Å². The number of ketones is 1. The highest BCUT2D eigenvalue weighted by Gasteiger charge is 2.31. The van der Waals surface area contributed by atoms with E-state index in [1.54, 1.807) is 24.3 Å². The van der Waals surface area contributed by atoms with Gasteiger partial charge in [-0.15, -0.1) is 0 Å². The quantitative estimate of drug-likeness (QED) is 0.736. The molecule has 7 heteroatoms. The highest BCUT2D eigenvalue weighted by Crippen LogP contribution is 2.32. The number of nitrogens with zero attached hydrogens (tertiary/aromatic N) is 1. The molecule has 1 atom stereocenters. The molecular weight excluding hydrogens is 399 g/mol. The average molecular weight is 426 g/mol. The van der Waals surface area contributed by atoms with Crippen molar-refractivity contribution in [3.63, 3.8) is 0 Å². The predicted molar refractivity (Wildman–Crippen MR) is 115 cm³/mol. The number of carbonyl (C=O) groups is 2. The Labute approximate surface area is 181 Å². The molecule has 0 bridgehead atoms. The molecule has 0 unspecified atom stereocenters. The first-order valence-electron chi connectivity index (χ1n) is 10.7. The van der Waals surface area contributed by atoms with Crippen molar-refractivity contribution in [3.05, 3.63) is 53.3 Å². The number of carbonyl (C=O) groups excluding carboxylic acids is 2. The summed E-state index contributed by atoms with van der Waals surface area (Å²) in [6.07, 6.45) is 1.37. The molecule has 0 aromatic heterocycles. The van der Waals surface area contributed by atoms with Crippen LogP contribution in [0.15, 0.2) is 36.4 Å². The minimum absolute atomic E-state index is 0.0838. The molecular formula is C24H27FN2O4. The molecule has 1 saturated heterocycles. The SMILES string of the molecule is Cc1ccc(F)cc1NC(=O)[C@H](C)N1CCC(C(=O)c2ccc3c(c2)OCCO3)CC1. The van der Waals surface area contributed by atoms with Crippen LogP contribution in [0, 0.1) is 18.7 Å². The Balaban J connectivity index is 1.34. The van der Waals surface area contributed by atoms with Gasteiger partial charge < -0.3 is 14.8 Å². The van der Waals surface area contributed by atoms with E-state index in [4.69, 9.17) is 9.47 Å². The molecule has 0 aliphatic carbocycles. The molecule has 0 spiro atoms. The lowest BCUT2D eigenvalue weighted by Gasteiger charge is -2.35. The number of likely N-dealkylation sites (tertiary alicyclic amines) is 1. The standard InChI is InChI=1S/C24H27FN2O4/c1-15-3-5-19(25)14-20(15)26-24(29)16(2)27-9-7-17(8-10-27)23(28)18-4-6-21-22(13-18)31-12-11-30-21/h3-6,13-14,16-17H,7-12H2,1-2H3,(H,26,29)/t16-/m0/s1. The molecule has 2 heterocycles. The lowest BCUT2D eigenvalue weighted by Crippen LogP contribution is -2.47. The predicted octanol–water partition coefficient (Wildman–Crippen LogP) is 3.83. The Hall–Kier alpha value is -2.93. The van der Waals surface area contributed by atoms with E-state index in [9.17, 15) is 14.0 Å². The van der Waals surface area contributed by atoms with Crippen molar-refractivity contribution in [2.24, 2.45) is 5.92 Å². The monoisotopic (exact) mass is 426 g/mol. The number of piperidine rings is 1.